The van der Waals surface area contributed by atoms with Gasteiger partial charge in [-0.2, -0.15) is 0 Å². The van der Waals surface area contributed by atoms with E-state index in [0.29, 0.717) is 23.3 Å². The Morgan fingerprint density at radius 3 is 2.88 bits per heavy atom. The minimum Gasteiger partial charge on any atom is -0.456 e. The fourth-order valence-corrected chi connectivity index (χ4v) is 2.39. The van der Waals surface area contributed by atoms with Gasteiger partial charge in [-0.3, -0.25) is 0 Å². The lowest BCUT2D eigenvalue weighted by atomic mass is 9.94. The van der Waals surface area contributed by atoms with Crippen LogP contribution in [0.4, 0.5) is 0 Å². The summed E-state index contributed by atoms with van der Waals surface area (Å²) in [7, 11) is 0. The first-order valence-electron chi connectivity index (χ1n) is 5.97. The lowest BCUT2D eigenvalue weighted by Gasteiger charge is -2.27. The van der Waals surface area contributed by atoms with Gasteiger partial charge in [0.05, 0.1) is 11.7 Å². The number of esters is 1. The smallest absolute Gasteiger partial charge is 0.339 e. The summed E-state index contributed by atoms with van der Waals surface area (Å²) in [6.45, 7) is 0. The first-order chi connectivity index (χ1) is 8.18. The zero-order valence-corrected chi connectivity index (χ0v) is 10.4. The number of hydrogen-bond donors (Lipinski definition) is 1. The van der Waals surface area contributed by atoms with Gasteiger partial charge in [0.15, 0.2) is 0 Å². The van der Waals surface area contributed by atoms with Crippen LogP contribution in [0.1, 0.15) is 32.1 Å². The number of ether oxygens (including phenoxy) is 1. The van der Waals surface area contributed by atoms with E-state index in [1.165, 1.54) is 0 Å². The molecule has 0 aromatic rings. The second kappa shape index (κ2) is 5.56. The summed E-state index contributed by atoms with van der Waals surface area (Å²) in [5, 5.41) is 9.74. The van der Waals surface area contributed by atoms with E-state index in [1.54, 1.807) is 6.08 Å². The van der Waals surface area contributed by atoms with Crippen molar-refractivity contribution in [1.29, 1.82) is 0 Å². The van der Waals surface area contributed by atoms with Crippen molar-refractivity contribution in [2.45, 2.75) is 44.3 Å². The molecule has 0 spiro atoms. The summed E-state index contributed by atoms with van der Waals surface area (Å²) in [6.07, 6.45) is 8.57. The molecule has 4 heteroatoms. The predicted octanol–water partition coefficient (Wildman–Crippen LogP) is 2.09. The third kappa shape index (κ3) is 3.01. The van der Waals surface area contributed by atoms with Gasteiger partial charge in [0.25, 0.3) is 0 Å². The normalized spacial score (nSPS) is 28.8. The molecular formula is C13H16O3S. The van der Waals surface area contributed by atoms with Crippen molar-refractivity contribution >= 4 is 23.1 Å². The maximum absolute atomic E-state index is 11.9. The van der Waals surface area contributed by atoms with Crippen LogP contribution in [0.15, 0.2) is 23.8 Å². The standard InChI is InChI=1S/C13H16O3S/c14-10-6-2-3-7-11(10)16-13(15)9-5-1-4-8-12(9)17/h1,4-5,10-11,14H,2-3,6-8H2/t10-,11-/m1/s1. The van der Waals surface area contributed by atoms with E-state index in [1.807, 2.05) is 12.2 Å². The maximum atomic E-state index is 11.9. The Labute approximate surface area is 106 Å². The summed E-state index contributed by atoms with van der Waals surface area (Å²) < 4.78 is 5.33. The van der Waals surface area contributed by atoms with Crippen molar-refractivity contribution in [1.82, 2.24) is 0 Å². The molecule has 0 aromatic carbocycles. The molecule has 2 aliphatic rings. The van der Waals surface area contributed by atoms with Crippen molar-refractivity contribution in [3.05, 3.63) is 23.8 Å². The topological polar surface area (TPSA) is 46.5 Å². The Kier molecular flexibility index (Phi) is 4.07. The molecule has 0 unspecified atom stereocenters. The third-order valence-electron chi connectivity index (χ3n) is 3.15. The number of hydrogen-bond acceptors (Lipinski definition) is 4. The van der Waals surface area contributed by atoms with Crippen LogP contribution >= 0.6 is 12.2 Å². The van der Waals surface area contributed by atoms with E-state index in [9.17, 15) is 9.90 Å². The van der Waals surface area contributed by atoms with Crippen LogP contribution < -0.4 is 0 Å². The van der Waals surface area contributed by atoms with Gasteiger partial charge in [-0.05, 0) is 25.3 Å². The largest absolute Gasteiger partial charge is 0.456 e. The zero-order chi connectivity index (χ0) is 12.3. The molecule has 1 N–H and O–H groups in total. The van der Waals surface area contributed by atoms with E-state index < -0.39 is 12.1 Å². The molecule has 0 radical (unpaired) electrons. The van der Waals surface area contributed by atoms with Gasteiger partial charge in [-0.15, -0.1) is 0 Å². The van der Waals surface area contributed by atoms with Crippen LogP contribution in [0, 0.1) is 0 Å². The number of rotatable bonds is 2. The molecule has 2 rings (SSSR count). The summed E-state index contributed by atoms with van der Waals surface area (Å²) in [5.41, 5.74) is 0.459. The quantitative estimate of drug-likeness (QED) is 0.604. The highest BCUT2D eigenvalue weighted by Crippen LogP contribution is 2.23. The highest BCUT2D eigenvalue weighted by molar-refractivity contribution is 7.81. The highest BCUT2D eigenvalue weighted by Gasteiger charge is 2.28. The van der Waals surface area contributed by atoms with Crippen molar-refractivity contribution in [3.63, 3.8) is 0 Å². The molecule has 0 aliphatic heterocycles. The second-order valence-corrected chi connectivity index (χ2v) is 4.92. The number of aliphatic hydroxyl groups is 1. The van der Waals surface area contributed by atoms with E-state index in [4.69, 9.17) is 17.0 Å². The minimum atomic E-state index is -0.527. The molecular weight excluding hydrogens is 236 g/mol. The lowest BCUT2D eigenvalue weighted by Crippen LogP contribution is -2.35. The van der Waals surface area contributed by atoms with Gasteiger partial charge in [-0.25, -0.2) is 4.79 Å². The fraction of sp³-hybridized carbons (Fsp3) is 0.538. The first kappa shape index (κ1) is 12.5. The molecule has 17 heavy (non-hydrogen) atoms. The van der Waals surface area contributed by atoms with Crippen LogP contribution in [0.3, 0.4) is 0 Å². The average Bonchev–Trinajstić information content (AvgIpc) is 2.32. The molecule has 2 aliphatic carbocycles. The van der Waals surface area contributed by atoms with Gasteiger partial charge in [0, 0.05) is 11.3 Å². The Hall–Kier alpha value is -1.00. The molecule has 1 saturated carbocycles. The number of allylic oxidation sites excluding steroid dienone is 3. The summed E-state index contributed by atoms with van der Waals surface area (Å²) in [4.78, 5) is 12.5. The summed E-state index contributed by atoms with van der Waals surface area (Å²) in [6, 6.07) is 0. The molecule has 0 heterocycles. The predicted molar refractivity (Wildman–Crippen MR) is 68.8 cm³/mol. The number of aliphatic hydroxyl groups excluding tert-OH is 1. The average molecular weight is 252 g/mol. The molecule has 0 saturated heterocycles. The van der Waals surface area contributed by atoms with E-state index in [-0.39, 0.29) is 6.10 Å². The van der Waals surface area contributed by atoms with Gasteiger partial charge in [-0.1, -0.05) is 30.8 Å². The van der Waals surface area contributed by atoms with Crippen molar-refractivity contribution in [2.24, 2.45) is 0 Å². The number of carbonyl (C=O) groups excluding carboxylic acids is 1. The van der Waals surface area contributed by atoms with Gasteiger partial charge < -0.3 is 9.84 Å². The van der Waals surface area contributed by atoms with Crippen molar-refractivity contribution < 1.29 is 14.6 Å². The zero-order valence-electron chi connectivity index (χ0n) is 9.59. The molecule has 1 fully saturated rings. The minimum absolute atomic E-state index is 0.370. The molecule has 92 valence electrons. The molecule has 2 atom stereocenters. The second-order valence-electron chi connectivity index (χ2n) is 4.43. The van der Waals surface area contributed by atoms with Crippen molar-refractivity contribution in [3.8, 4) is 0 Å². The van der Waals surface area contributed by atoms with Crippen LogP contribution in [0.25, 0.3) is 0 Å². The van der Waals surface area contributed by atoms with Crippen molar-refractivity contribution in [2.75, 3.05) is 0 Å². The van der Waals surface area contributed by atoms with Gasteiger partial charge in [0.1, 0.15) is 6.10 Å². The van der Waals surface area contributed by atoms with Gasteiger partial charge in [0.2, 0.25) is 0 Å². The van der Waals surface area contributed by atoms with Crippen LogP contribution in [-0.2, 0) is 9.53 Å². The Bertz CT molecular complexity index is 384. The highest BCUT2D eigenvalue weighted by atomic mass is 32.1. The van der Waals surface area contributed by atoms with E-state index in [0.717, 1.165) is 19.3 Å². The Morgan fingerprint density at radius 2 is 2.18 bits per heavy atom. The summed E-state index contributed by atoms with van der Waals surface area (Å²) in [5.74, 6) is -0.398. The molecule has 0 amide bonds. The maximum Gasteiger partial charge on any atom is 0.339 e. The first-order valence-corrected chi connectivity index (χ1v) is 6.38. The van der Waals surface area contributed by atoms with Crippen LogP contribution in [0.2, 0.25) is 0 Å². The number of thiocarbonyl (C=S) groups is 1. The summed E-state index contributed by atoms with van der Waals surface area (Å²) >= 11 is 5.12. The molecule has 3 nitrogen and oxygen atoms in total. The monoisotopic (exact) mass is 252 g/mol. The Balaban J connectivity index is 1.98. The molecule has 0 bridgehead atoms. The fourth-order valence-electron chi connectivity index (χ4n) is 2.14. The third-order valence-corrected chi connectivity index (χ3v) is 3.54. The Morgan fingerprint density at radius 1 is 1.41 bits per heavy atom. The SMILES string of the molecule is O=C(O[C@@H]1CCCC[C@H]1O)C1=CC=CCC1=S. The van der Waals surface area contributed by atoms with Crippen LogP contribution in [0.5, 0.6) is 0 Å². The molecule has 0 aromatic heterocycles. The van der Waals surface area contributed by atoms with E-state index in [2.05, 4.69) is 0 Å². The van der Waals surface area contributed by atoms with E-state index >= 15 is 0 Å². The lowest BCUT2D eigenvalue weighted by molar-refractivity contribution is -0.152. The number of carbonyl (C=O) groups is 1. The van der Waals surface area contributed by atoms with Gasteiger partial charge >= 0.3 is 5.97 Å². The van der Waals surface area contributed by atoms with Crippen LogP contribution in [-0.4, -0.2) is 28.1 Å².